The van der Waals surface area contributed by atoms with Gasteiger partial charge in [0.05, 0.1) is 48.4 Å². The van der Waals surface area contributed by atoms with Gasteiger partial charge in [0.1, 0.15) is 0 Å². The predicted octanol–water partition coefficient (Wildman–Crippen LogP) is 11.9. The van der Waals surface area contributed by atoms with Gasteiger partial charge in [-0.1, -0.05) is 205 Å². The normalized spacial score (nSPS) is 14.7. The van der Waals surface area contributed by atoms with Crippen molar-refractivity contribution >= 4 is 101 Å². The molecule has 50 heavy (non-hydrogen) atoms. The van der Waals surface area contributed by atoms with Gasteiger partial charge in [-0.25, -0.2) is 0 Å². The molecule has 0 nitrogen and oxygen atoms in total. The maximum absolute atomic E-state index is 2.81. The maximum Gasteiger partial charge on any atom is 0.0949 e. The highest BCUT2D eigenvalue weighted by Gasteiger charge is 2.53. The molecule has 0 aliphatic heterocycles. The van der Waals surface area contributed by atoms with E-state index in [2.05, 4.69) is 186 Å². The first kappa shape index (κ1) is 43.9. The highest BCUT2D eigenvalue weighted by atomic mass is 28.3. The Hall–Kier alpha value is -0.519. The van der Waals surface area contributed by atoms with Gasteiger partial charge in [-0.3, -0.25) is 0 Å². The maximum atomic E-state index is 2.81. The average Bonchev–Trinajstić information content (AvgIpc) is 2.88. The van der Waals surface area contributed by atoms with E-state index < -0.39 is 48.4 Å². The van der Waals surface area contributed by atoms with Crippen molar-refractivity contribution in [3.8, 4) is 0 Å². The lowest BCUT2D eigenvalue weighted by Gasteiger charge is -2.52. The molecule has 0 saturated carbocycles. The van der Waals surface area contributed by atoms with Crippen molar-refractivity contribution in [3.05, 3.63) is 24.3 Å². The van der Waals surface area contributed by atoms with Crippen molar-refractivity contribution in [1.82, 2.24) is 0 Å². The van der Waals surface area contributed by atoms with Crippen LogP contribution >= 0.6 is 0 Å². The molecule has 0 amide bonds. The number of fused-ring (bicyclic) bond motifs is 2. The number of hydrogen-bond acceptors (Lipinski definition) is 0. The molecule has 0 unspecified atom stereocenters. The van der Waals surface area contributed by atoms with Crippen LogP contribution in [0, 0.1) is 0 Å². The zero-order valence-electron chi connectivity index (χ0n) is 37.8. The number of hydrogen-bond donors (Lipinski definition) is 0. The van der Waals surface area contributed by atoms with Gasteiger partial charge in [-0.05, 0) is 66.9 Å². The van der Waals surface area contributed by atoms with Gasteiger partial charge in [-0.2, -0.15) is 0 Å². The van der Waals surface area contributed by atoms with Gasteiger partial charge < -0.3 is 0 Å². The topological polar surface area (TPSA) is 0 Å². The first-order chi connectivity index (χ1) is 22.3. The minimum atomic E-state index is -2.09. The summed E-state index contributed by atoms with van der Waals surface area (Å²) < 4.78 is 0. The summed E-state index contributed by atoms with van der Waals surface area (Å²) in [4.78, 5) is 0. The van der Waals surface area contributed by atoms with Gasteiger partial charge in [0.25, 0.3) is 0 Å². The molecule has 0 radical (unpaired) electrons. The summed E-state index contributed by atoms with van der Waals surface area (Å²) in [6.07, 6.45) is 0. The third-order valence-corrected chi connectivity index (χ3v) is 36.4. The Balaban J connectivity index is 3.14. The molecular formula is C44H82Si6. The molecule has 0 aliphatic rings. The van der Waals surface area contributed by atoms with Gasteiger partial charge >= 0.3 is 0 Å². The Labute approximate surface area is 318 Å². The van der Waals surface area contributed by atoms with Crippen molar-refractivity contribution in [3.63, 3.8) is 0 Å². The molecule has 0 aliphatic carbocycles. The van der Waals surface area contributed by atoms with E-state index in [1.165, 1.54) is 10.8 Å². The lowest BCUT2D eigenvalue weighted by Crippen LogP contribution is -2.77. The molecule has 0 saturated heterocycles. The van der Waals surface area contributed by atoms with Gasteiger partial charge in [-0.15, -0.1) is 0 Å². The Morgan fingerprint density at radius 3 is 0.680 bits per heavy atom. The van der Waals surface area contributed by atoms with Crippen molar-refractivity contribution in [2.24, 2.45) is 0 Å². The van der Waals surface area contributed by atoms with E-state index in [4.69, 9.17) is 0 Å². The standard InChI is InChI=1S/C44H82Si6/c1-29(2)49(30(3)4,31(5)6)41-37-25-35-27-39(45(13,14)15)40(46(16,17)18)28-36(35)26-38(37)42(50(32(7)8,33(9)10)34(11)12)44(48(22,23)24)43(41)47(19,20)21/h25-34H,1-24H3. The minimum absolute atomic E-state index is 0.672. The SMILES string of the molecule is CC(C)[Si](c1c([Si](C)(C)C)c([Si](C)(C)C)c([Si](C(C)C)(C(C)C)C(C)C)c2cc3cc([Si](C)(C)C)c([Si](C)(C)C)cc3cc12)(C(C)C)C(C)C. The highest BCUT2D eigenvalue weighted by Crippen LogP contribution is 2.45. The molecule has 0 atom stereocenters. The van der Waals surface area contributed by atoms with E-state index in [1.54, 1.807) is 21.1 Å². The van der Waals surface area contributed by atoms with Crippen LogP contribution in [0.2, 0.25) is 112 Å². The Morgan fingerprint density at radius 1 is 0.300 bits per heavy atom. The van der Waals surface area contributed by atoms with Crippen molar-refractivity contribution in [1.29, 1.82) is 0 Å². The van der Waals surface area contributed by atoms with Crippen LogP contribution < -0.4 is 31.1 Å². The molecule has 0 N–H and O–H groups in total. The lowest BCUT2D eigenvalue weighted by atomic mass is 10.0. The number of rotatable bonds is 12. The fourth-order valence-corrected chi connectivity index (χ4v) is 40.3. The fourth-order valence-electron chi connectivity index (χ4n) is 11.7. The first-order valence-electron chi connectivity index (χ1n) is 20.5. The van der Waals surface area contributed by atoms with Gasteiger partial charge in [0.2, 0.25) is 0 Å². The van der Waals surface area contributed by atoms with Crippen molar-refractivity contribution in [2.75, 3.05) is 0 Å². The molecule has 282 valence electrons. The Kier molecular flexibility index (Phi) is 12.5. The summed E-state index contributed by atoms with van der Waals surface area (Å²) in [6.45, 7) is 63.2. The molecule has 0 bridgehead atoms. The summed E-state index contributed by atoms with van der Waals surface area (Å²) in [6, 6.07) is 11.1. The van der Waals surface area contributed by atoms with E-state index >= 15 is 0 Å². The molecule has 0 heterocycles. The minimum Gasteiger partial charge on any atom is -0.0656 e. The van der Waals surface area contributed by atoms with E-state index in [0.29, 0.717) is 33.2 Å². The third kappa shape index (κ3) is 7.19. The zero-order valence-corrected chi connectivity index (χ0v) is 43.8. The van der Waals surface area contributed by atoms with E-state index in [-0.39, 0.29) is 0 Å². The van der Waals surface area contributed by atoms with Crippen LogP contribution in [0.15, 0.2) is 24.3 Å². The summed E-state index contributed by atoms with van der Waals surface area (Å²) >= 11 is 0. The van der Waals surface area contributed by atoms with Gasteiger partial charge in [0.15, 0.2) is 0 Å². The second kappa shape index (κ2) is 14.3. The van der Waals surface area contributed by atoms with Crippen LogP contribution in [0.25, 0.3) is 21.5 Å². The van der Waals surface area contributed by atoms with Crippen LogP contribution in [0.1, 0.15) is 83.1 Å². The quantitative estimate of drug-likeness (QED) is 0.127. The molecule has 0 spiro atoms. The molecule has 6 heteroatoms. The summed E-state index contributed by atoms with van der Waals surface area (Å²) in [7, 11) is -11.0. The first-order valence-corrected chi connectivity index (χ1v) is 38.9. The van der Waals surface area contributed by atoms with Crippen LogP contribution in [0.4, 0.5) is 0 Å². The second-order valence-corrected chi connectivity index (χ2v) is 54.2. The number of benzene rings is 3. The molecular weight excluding hydrogens is 697 g/mol. The van der Waals surface area contributed by atoms with Crippen molar-refractivity contribution < 1.29 is 0 Å². The Morgan fingerprint density at radius 2 is 0.520 bits per heavy atom. The van der Waals surface area contributed by atoms with Crippen LogP contribution in [-0.2, 0) is 0 Å². The third-order valence-electron chi connectivity index (χ3n) is 13.1. The van der Waals surface area contributed by atoms with E-state index in [1.807, 2.05) is 20.7 Å². The molecule has 0 aromatic heterocycles. The van der Waals surface area contributed by atoms with E-state index in [0.717, 1.165) is 0 Å². The molecule has 3 aromatic rings. The predicted molar refractivity (Wildman–Crippen MR) is 255 cm³/mol. The second-order valence-electron chi connectivity index (χ2n) is 22.4. The molecule has 3 rings (SSSR count). The highest BCUT2D eigenvalue weighted by molar-refractivity contribution is 7.11. The fraction of sp³-hybridized carbons (Fsp3) is 0.682. The molecule has 0 fully saturated rings. The Bertz CT molecular complexity index is 1530. The van der Waals surface area contributed by atoms with E-state index in [9.17, 15) is 0 Å². The zero-order chi connectivity index (χ0) is 39.1. The summed E-state index contributed by atoms with van der Waals surface area (Å²) in [5.41, 5.74) is 4.03. The lowest BCUT2D eigenvalue weighted by molar-refractivity contribution is 0.835. The van der Waals surface area contributed by atoms with Gasteiger partial charge in [0, 0.05) is 0 Å². The molecule has 3 aromatic carbocycles. The average molecular weight is 780 g/mol. The van der Waals surface area contributed by atoms with Crippen LogP contribution in [-0.4, -0.2) is 48.4 Å². The van der Waals surface area contributed by atoms with Crippen LogP contribution in [0.5, 0.6) is 0 Å². The van der Waals surface area contributed by atoms with Crippen molar-refractivity contribution in [2.45, 2.75) is 195 Å². The smallest absolute Gasteiger partial charge is 0.0656 e. The summed E-state index contributed by atoms with van der Waals surface area (Å²) in [5.74, 6) is 0. The largest absolute Gasteiger partial charge is 0.0949 e. The monoisotopic (exact) mass is 779 g/mol. The van der Waals surface area contributed by atoms with Crippen LogP contribution in [0.3, 0.4) is 0 Å². The summed E-state index contributed by atoms with van der Waals surface area (Å²) in [5, 5.41) is 17.5.